The molecule has 1 heterocycles. The van der Waals surface area contributed by atoms with Crippen molar-refractivity contribution in [2.45, 2.75) is 92.0 Å². The summed E-state index contributed by atoms with van der Waals surface area (Å²) in [6.45, 7) is 10.9. The molecule has 0 bridgehead atoms. The van der Waals surface area contributed by atoms with Gasteiger partial charge < -0.3 is 29.0 Å². The van der Waals surface area contributed by atoms with Crippen LogP contribution in [0.5, 0.6) is 0 Å². The molecule has 5 atom stereocenters. The largest absolute Gasteiger partial charge is 0.463 e. The van der Waals surface area contributed by atoms with Crippen molar-refractivity contribution >= 4 is 23.8 Å². The van der Waals surface area contributed by atoms with E-state index in [9.17, 15) is 19.2 Å². The van der Waals surface area contributed by atoms with Gasteiger partial charge in [0.2, 0.25) is 5.91 Å². The van der Waals surface area contributed by atoms with Crippen molar-refractivity contribution in [2.75, 3.05) is 13.2 Å². The number of amides is 1. The summed E-state index contributed by atoms with van der Waals surface area (Å²) in [6, 6.07) is -0.973. The molecule has 0 aliphatic carbocycles. The molecule has 0 saturated carbocycles. The standard InChI is InChI=1S/C24H37NO9/c1-14(2)9-8-10-15(3)11-12-30-24-21(25-16(4)26)23(33-19(7)29)22(32-18(6)28)20(34-24)13-31-17(5)27/h9,11,20-24H,8,10,12-13H2,1-7H3,(H,25,26). The van der Waals surface area contributed by atoms with Gasteiger partial charge >= 0.3 is 17.9 Å². The molecule has 1 aliphatic heterocycles. The van der Waals surface area contributed by atoms with Gasteiger partial charge in [-0.1, -0.05) is 23.3 Å². The average Bonchev–Trinajstić information content (AvgIpc) is 2.69. The summed E-state index contributed by atoms with van der Waals surface area (Å²) < 4.78 is 27.7. The predicted octanol–water partition coefficient (Wildman–Crippen LogP) is 2.35. The Morgan fingerprint density at radius 3 is 2.00 bits per heavy atom. The van der Waals surface area contributed by atoms with Crippen molar-refractivity contribution in [3.05, 3.63) is 23.3 Å². The Hall–Kier alpha value is -2.72. The molecule has 10 heteroatoms. The Balaban J connectivity index is 3.15. The zero-order chi connectivity index (χ0) is 25.8. The lowest BCUT2D eigenvalue weighted by atomic mass is 9.96. The Morgan fingerprint density at radius 2 is 1.47 bits per heavy atom. The van der Waals surface area contributed by atoms with E-state index in [1.807, 2.05) is 26.8 Å². The third kappa shape index (κ3) is 10.9. The molecule has 10 nitrogen and oxygen atoms in total. The molecule has 192 valence electrons. The Morgan fingerprint density at radius 1 is 0.853 bits per heavy atom. The van der Waals surface area contributed by atoms with Crippen molar-refractivity contribution < 1.29 is 42.9 Å². The van der Waals surface area contributed by atoms with Crippen LogP contribution in [0.4, 0.5) is 0 Å². The van der Waals surface area contributed by atoms with Gasteiger partial charge in [-0.2, -0.15) is 0 Å². The molecule has 0 radical (unpaired) electrons. The Labute approximate surface area is 201 Å². The maximum Gasteiger partial charge on any atom is 0.303 e. The van der Waals surface area contributed by atoms with Crippen molar-refractivity contribution in [3.63, 3.8) is 0 Å². The van der Waals surface area contributed by atoms with Crippen LogP contribution >= 0.6 is 0 Å². The van der Waals surface area contributed by atoms with Crippen molar-refractivity contribution in [1.82, 2.24) is 5.32 Å². The molecule has 0 aromatic rings. The molecule has 1 fully saturated rings. The molecule has 34 heavy (non-hydrogen) atoms. The summed E-state index contributed by atoms with van der Waals surface area (Å²) >= 11 is 0. The van der Waals surface area contributed by atoms with Gasteiger partial charge in [-0.15, -0.1) is 0 Å². The summed E-state index contributed by atoms with van der Waals surface area (Å²) in [5.74, 6) is -2.30. The normalized spacial score (nSPS) is 24.6. The number of hydrogen-bond acceptors (Lipinski definition) is 9. The van der Waals surface area contributed by atoms with Crippen LogP contribution in [0.2, 0.25) is 0 Å². The summed E-state index contributed by atoms with van der Waals surface area (Å²) in [4.78, 5) is 46.9. The van der Waals surface area contributed by atoms with Gasteiger partial charge in [-0.05, 0) is 33.6 Å². The molecule has 0 spiro atoms. The third-order valence-corrected chi connectivity index (χ3v) is 4.85. The highest BCUT2D eigenvalue weighted by molar-refractivity contribution is 5.73. The van der Waals surface area contributed by atoms with Crippen LogP contribution in [0.15, 0.2) is 23.3 Å². The number of rotatable bonds is 11. The Kier molecular flexibility index (Phi) is 12.5. The fourth-order valence-corrected chi connectivity index (χ4v) is 3.41. The number of carbonyl (C=O) groups is 4. The van der Waals surface area contributed by atoms with Gasteiger partial charge in [-0.3, -0.25) is 19.2 Å². The lowest BCUT2D eigenvalue weighted by Crippen LogP contribution is -2.66. The summed E-state index contributed by atoms with van der Waals surface area (Å²) in [6.07, 6.45) is 1.47. The lowest BCUT2D eigenvalue weighted by Gasteiger charge is -2.44. The second-order valence-corrected chi connectivity index (χ2v) is 8.42. The highest BCUT2D eigenvalue weighted by Crippen LogP contribution is 2.28. The van der Waals surface area contributed by atoms with E-state index < -0.39 is 54.5 Å². The number of hydrogen-bond donors (Lipinski definition) is 1. The fourth-order valence-electron chi connectivity index (χ4n) is 3.41. The van der Waals surface area contributed by atoms with Crippen LogP contribution in [0, 0.1) is 0 Å². The van der Waals surface area contributed by atoms with Gasteiger partial charge in [0.15, 0.2) is 18.5 Å². The van der Waals surface area contributed by atoms with E-state index in [1.54, 1.807) is 0 Å². The van der Waals surface area contributed by atoms with E-state index in [2.05, 4.69) is 11.4 Å². The second-order valence-electron chi connectivity index (χ2n) is 8.42. The first-order chi connectivity index (χ1) is 15.9. The van der Waals surface area contributed by atoms with Crippen LogP contribution < -0.4 is 5.32 Å². The van der Waals surface area contributed by atoms with Gasteiger partial charge in [0.1, 0.15) is 18.8 Å². The first kappa shape index (κ1) is 29.3. The van der Waals surface area contributed by atoms with Crippen LogP contribution in [-0.4, -0.2) is 67.7 Å². The minimum absolute atomic E-state index is 0.159. The van der Waals surface area contributed by atoms with Crippen LogP contribution in [0.1, 0.15) is 61.3 Å². The van der Waals surface area contributed by atoms with Gasteiger partial charge in [0.05, 0.1) is 6.61 Å². The van der Waals surface area contributed by atoms with E-state index >= 15 is 0 Å². The number of carbonyl (C=O) groups excluding carboxylic acids is 4. The fraction of sp³-hybridized carbons (Fsp3) is 0.667. The number of ether oxygens (including phenoxy) is 5. The third-order valence-electron chi connectivity index (χ3n) is 4.85. The van der Waals surface area contributed by atoms with Gasteiger partial charge in [0.25, 0.3) is 0 Å². The number of esters is 3. The van der Waals surface area contributed by atoms with E-state index in [-0.39, 0.29) is 13.2 Å². The smallest absolute Gasteiger partial charge is 0.303 e. The quantitative estimate of drug-likeness (QED) is 0.268. The van der Waals surface area contributed by atoms with E-state index in [0.717, 1.165) is 18.4 Å². The zero-order valence-corrected chi connectivity index (χ0v) is 21.0. The molecule has 1 aliphatic rings. The number of allylic oxidation sites excluding steroid dienone is 3. The molecule has 0 aromatic heterocycles. The molecule has 1 amide bonds. The Bertz CT molecular complexity index is 785. The summed E-state index contributed by atoms with van der Waals surface area (Å²) in [7, 11) is 0. The highest BCUT2D eigenvalue weighted by atomic mass is 16.7. The minimum atomic E-state index is -1.14. The van der Waals surface area contributed by atoms with E-state index in [4.69, 9.17) is 23.7 Å². The first-order valence-electron chi connectivity index (χ1n) is 11.2. The maximum absolute atomic E-state index is 11.9. The second kappa shape index (κ2) is 14.5. The van der Waals surface area contributed by atoms with E-state index in [1.165, 1.54) is 33.3 Å². The maximum atomic E-state index is 11.9. The average molecular weight is 484 g/mol. The molecule has 5 unspecified atom stereocenters. The van der Waals surface area contributed by atoms with Crippen LogP contribution in [0.25, 0.3) is 0 Å². The predicted molar refractivity (Wildman–Crippen MR) is 122 cm³/mol. The van der Waals surface area contributed by atoms with Crippen LogP contribution in [-0.2, 0) is 42.9 Å². The van der Waals surface area contributed by atoms with Gasteiger partial charge in [0, 0.05) is 27.7 Å². The molecule has 0 aromatic carbocycles. The van der Waals surface area contributed by atoms with Crippen molar-refractivity contribution in [2.24, 2.45) is 0 Å². The van der Waals surface area contributed by atoms with Crippen molar-refractivity contribution in [3.8, 4) is 0 Å². The molecule has 1 saturated heterocycles. The first-order valence-corrected chi connectivity index (χ1v) is 11.2. The topological polar surface area (TPSA) is 126 Å². The number of nitrogens with one attached hydrogen (secondary N) is 1. The van der Waals surface area contributed by atoms with Crippen LogP contribution in [0.3, 0.4) is 0 Å². The lowest BCUT2D eigenvalue weighted by molar-refractivity contribution is -0.275. The minimum Gasteiger partial charge on any atom is -0.463 e. The molecule has 1 N–H and O–H groups in total. The highest BCUT2D eigenvalue weighted by Gasteiger charge is 2.51. The monoisotopic (exact) mass is 483 g/mol. The van der Waals surface area contributed by atoms with Gasteiger partial charge in [-0.25, -0.2) is 0 Å². The molecule has 1 rings (SSSR count). The molecular weight excluding hydrogens is 446 g/mol. The summed E-state index contributed by atoms with van der Waals surface area (Å²) in [5, 5.41) is 2.67. The summed E-state index contributed by atoms with van der Waals surface area (Å²) in [5.41, 5.74) is 2.35. The molecular formula is C24H37NO9. The zero-order valence-electron chi connectivity index (χ0n) is 21.0. The SMILES string of the molecule is CC(=O)NC1C(OCC=C(C)CCC=C(C)C)OC(COC(C)=O)C(OC(C)=O)C1OC(C)=O. The van der Waals surface area contributed by atoms with Crippen molar-refractivity contribution in [1.29, 1.82) is 0 Å². The van der Waals surface area contributed by atoms with E-state index in [0.29, 0.717) is 0 Å².